The van der Waals surface area contributed by atoms with Crippen LogP contribution in [0.15, 0.2) is 9.95 Å². The van der Waals surface area contributed by atoms with Crippen molar-refractivity contribution in [2.75, 3.05) is 5.75 Å². The van der Waals surface area contributed by atoms with Crippen LogP contribution in [0.4, 0.5) is 0 Å². The number of amides is 1. The van der Waals surface area contributed by atoms with Gasteiger partial charge in [-0.05, 0) is 44.1 Å². The number of aromatic amines is 1. The summed E-state index contributed by atoms with van der Waals surface area (Å²) in [6.07, 6.45) is 10.6. The number of H-pyrrole nitrogens is 1. The minimum atomic E-state index is -0.00746. The minimum absolute atomic E-state index is 0.00746. The maximum absolute atomic E-state index is 12.4. The second-order valence-corrected chi connectivity index (χ2v) is 9.43. The molecule has 1 saturated carbocycles. The van der Waals surface area contributed by atoms with Crippen molar-refractivity contribution in [1.82, 2.24) is 15.3 Å². The van der Waals surface area contributed by atoms with E-state index < -0.39 is 0 Å². The molecule has 1 amide bonds. The smallest absolute Gasteiger partial charge is 0.260 e. The van der Waals surface area contributed by atoms with Gasteiger partial charge in [-0.1, -0.05) is 31.0 Å². The van der Waals surface area contributed by atoms with E-state index in [1.807, 2.05) is 0 Å². The van der Waals surface area contributed by atoms with Crippen molar-refractivity contribution in [2.24, 2.45) is 0 Å². The molecule has 2 aromatic rings. The van der Waals surface area contributed by atoms with Crippen LogP contribution in [0.5, 0.6) is 0 Å². The SMILES string of the molecule is O=C(CCCSc1nc2sc3c(c2c(=O)[nH]1)CCC3)NC1CCCCC1. The predicted octanol–water partition coefficient (Wildman–Crippen LogP) is 3.79. The number of aromatic nitrogens is 2. The van der Waals surface area contributed by atoms with Gasteiger partial charge in [-0.3, -0.25) is 9.59 Å². The summed E-state index contributed by atoms with van der Waals surface area (Å²) in [6, 6.07) is 0.380. The van der Waals surface area contributed by atoms with Crippen molar-refractivity contribution >= 4 is 39.2 Å². The zero-order valence-corrected chi connectivity index (χ0v) is 16.6. The Morgan fingerprint density at radius 2 is 2.08 bits per heavy atom. The molecule has 1 fully saturated rings. The molecule has 0 bridgehead atoms. The standard InChI is InChI=1S/C19H25N3O2S2/c23-15(20-12-6-2-1-3-7-12)10-5-11-25-19-21-17(24)16-13-8-4-9-14(13)26-18(16)22-19/h12H,1-11H2,(H,20,23)(H,21,22,24). The van der Waals surface area contributed by atoms with Gasteiger partial charge >= 0.3 is 0 Å². The van der Waals surface area contributed by atoms with Gasteiger partial charge < -0.3 is 10.3 Å². The number of rotatable bonds is 6. The first kappa shape index (κ1) is 18.0. The number of fused-ring (bicyclic) bond motifs is 3. The number of thiophene rings is 1. The lowest BCUT2D eigenvalue weighted by atomic mass is 9.95. The molecule has 26 heavy (non-hydrogen) atoms. The van der Waals surface area contributed by atoms with E-state index in [0.29, 0.717) is 17.6 Å². The Bertz CT molecular complexity index is 852. The lowest BCUT2D eigenvalue weighted by molar-refractivity contribution is -0.122. The number of nitrogens with zero attached hydrogens (tertiary/aromatic N) is 1. The zero-order chi connectivity index (χ0) is 17.9. The first-order valence-electron chi connectivity index (χ1n) is 9.67. The second-order valence-electron chi connectivity index (χ2n) is 7.26. The monoisotopic (exact) mass is 391 g/mol. The quantitative estimate of drug-likeness (QED) is 0.446. The summed E-state index contributed by atoms with van der Waals surface area (Å²) in [7, 11) is 0. The van der Waals surface area contributed by atoms with Crippen molar-refractivity contribution in [3.8, 4) is 0 Å². The zero-order valence-electron chi connectivity index (χ0n) is 14.9. The van der Waals surface area contributed by atoms with Crippen LogP contribution in [0.1, 0.15) is 61.8 Å². The molecule has 0 atom stereocenters. The molecular weight excluding hydrogens is 366 g/mol. The molecule has 2 heterocycles. The number of carbonyl (C=O) groups excluding carboxylic acids is 1. The predicted molar refractivity (Wildman–Crippen MR) is 107 cm³/mol. The van der Waals surface area contributed by atoms with Crippen LogP contribution in [0, 0.1) is 0 Å². The Hall–Kier alpha value is -1.34. The number of carbonyl (C=O) groups is 1. The van der Waals surface area contributed by atoms with Gasteiger partial charge in [0, 0.05) is 23.1 Å². The summed E-state index contributed by atoms with van der Waals surface area (Å²) >= 11 is 3.21. The summed E-state index contributed by atoms with van der Waals surface area (Å²) < 4.78 is 0. The maximum Gasteiger partial charge on any atom is 0.260 e. The number of hydrogen-bond donors (Lipinski definition) is 2. The Morgan fingerprint density at radius 1 is 1.23 bits per heavy atom. The first-order chi connectivity index (χ1) is 12.7. The van der Waals surface area contributed by atoms with E-state index in [1.54, 1.807) is 11.3 Å². The molecule has 7 heteroatoms. The summed E-state index contributed by atoms with van der Waals surface area (Å²) in [6.45, 7) is 0. The van der Waals surface area contributed by atoms with Crippen LogP contribution >= 0.6 is 23.1 Å². The molecule has 0 saturated heterocycles. The van der Waals surface area contributed by atoms with Crippen molar-refractivity contribution < 1.29 is 4.79 Å². The third-order valence-electron chi connectivity index (χ3n) is 5.31. The highest BCUT2D eigenvalue weighted by Crippen LogP contribution is 2.35. The molecule has 0 unspecified atom stereocenters. The third kappa shape index (κ3) is 3.98. The molecular formula is C19H25N3O2S2. The molecule has 2 aliphatic carbocycles. The van der Waals surface area contributed by atoms with Gasteiger partial charge in [0.1, 0.15) is 4.83 Å². The fraction of sp³-hybridized carbons (Fsp3) is 0.632. The molecule has 0 aromatic carbocycles. The summed E-state index contributed by atoms with van der Waals surface area (Å²) in [5.41, 5.74) is 1.21. The highest BCUT2D eigenvalue weighted by molar-refractivity contribution is 7.99. The number of nitrogens with one attached hydrogen (secondary N) is 2. The Balaban J connectivity index is 1.28. The highest BCUT2D eigenvalue weighted by Gasteiger charge is 2.21. The van der Waals surface area contributed by atoms with E-state index in [9.17, 15) is 9.59 Å². The van der Waals surface area contributed by atoms with E-state index in [0.717, 1.165) is 54.5 Å². The van der Waals surface area contributed by atoms with Crippen LogP contribution < -0.4 is 10.9 Å². The molecule has 0 radical (unpaired) electrons. The fourth-order valence-corrected chi connectivity index (χ4v) is 6.12. The van der Waals surface area contributed by atoms with Gasteiger partial charge in [0.25, 0.3) is 5.56 Å². The van der Waals surface area contributed by atoms with Gasteiger partial charge in [0.15, 0.2) is 5.16 Å². The van der Waals surface area contributed by atoms with E-state index >= 15 is 0 Å². The minimum Gasteiger partial charge on any atom is -0.353 e. The Labute approximate surface area is 161 Å². The van der Waals surface area contributed by atoms with Crippen LogP contribution in [0.25, 0.3) is 10.2 Å². The lowest BCUT2D eigenvalue weighted by Crippen LogP contribution is -2.36. The Morgan fingerprint density at radius 3 is 2.92 bits per heavy atom. The van der Waals surface area contributed by atoms with E-state index in [1.165, 1.54) is 41.5 Å². The summed E-state index contributed by atoms with van der Waals surface area (Å²) in [5, 5.41) is 4.63. The van der Waals surface area contributed by atoms with E-state index in [-0.39, 0.29) is 11.5 Å². The maximum atomic E-state index is 12.4. The number of hydrogen-bond acceptors (Lipinski definition) is 5. The van der Waals surface area contributed by atoms with Crippen LogP contribution in [0.3, 0.4) is 0 Å². The average Bonchev–Trinajstić information content (AvgIpc) is 3.20. The number of aryl methyl sites for hydroxylation is 2. The van der Waals surface area contributed by atoms with Gasteiger partial charge in [-0.25, -0.2) is 4.98 Å². The second kappa shape index (κ2) is 8.13. The van der Waals surface area contributed by atoms with Crippen LogP contribution in [0.2, 0.25) is 0 Å². The number of thioether (sulfide) groups is 1. The molecule has 5 nitrogen and oxygen atoms in total. The largest absolute Gasteiger partial charge is 0.353 e. The van der Waals surface area contributed by atoms with Gasteiger partial charge in [-0.15, -0.1) is 11.3 Å². The summed E-state index contributed by atoms with van der Waals surface area (Å²) in [4.78, 5) is 34.2. The highest BCUT2D eigenvalue weighted by atomic mass is 32.2. The Kier molecular flexibility index (Phi) is 5.64. The topological polar surface area (TPSA) is 74.8 Å². The normalized spacial score (nSPS) is 17.5. The van der Waals surface area contributed by atoms with Crippen molar-refractivity contribution in [2.45, 2.75) is 75.4 Å². The first-order valence-corrected chi connectivity index (χ1v) is 11.5. The third-order valence-corrected chi connectivity index (χ3v) is 7.46. The summed E-state index contributed by atoms with van der Waals surface area (Å²) in [5.74, 6) is 0.946. The van der Waals surface area contributed by atoms with E-state index in [2.05, 4.69) is 15.3 Å². The van der Waals surface area contributed by atoms with Gasteiger partial charge in [-0.2, -0.15) is 0 Å². The van der Waals surface area contributed by atoms with Crippen molar-refractivity contribution in [3.05, 3.63) is 20.8 Å². The van der Waals surface area contributed by atoms with Crippen LogP contribution in [-0.4, -0.2) is 27.7 Å². The molecule has 0 spiro atoms. The lowest BCUT2D eigenvalue weighted by Gasteiger charge is -2.22. The van der Waals surface area contributed by atoms with Gasteiger partial charge in [0.2, 0.25) is 5.91 Å². The van der Waals surface area contributed by atoms with Crippen LogP contribution in [-0.2, 0) is 17.6 Å². The average molecular weight is 392 g/mol. The molecule has 4 rings (SSSR count). The molecule has 2 aliphatic rings. The van der Waals surface area contributed by atoms with E-state index in [4.69, 9.17) is 0 Å². The van der Waals surface area contributed by atoms with Gasteiger partial charge in [0.05, 0.1) is 5.39 Å². The molecule has 2 N–H and O–H groups in total. The molecule has 0 aliphatic heterocycles. The van der Waals surface area contributed by atoms with Crippen molar-refractivity contribution in [3.63, 3.8) is 0 Å². The molecule has 140 valence electrons. The molecule has 2 aromatic heterocycles. The van der Waals surface area contributed by atoms with Crippen molar-refractivity contribution in [1.29, 1.82) is 0 Å². The fourth-order valence-electron chi connectivity index (χ4n) is 4.00.